The normalized spacial score (nSPS) is 15.7. The molecule has 1 unspecified atom stereocenters. The van der Waals surface area contributed by atoms with Gasteiger partial charge in [0.1, 0.15) is 0 Å². The average Bonchev–Trinajstić information content (AvgIpc) is 2.55. The molecule has 1 atom stereocenters. The number of nitrogens with one attached hydrogen (secondary N) is 1. The number of rotatable bonds is 4. The summed E-state index contributed by atoms with van der Waals surface area (Å²) in [5.74, 6) is -0.345. The Morgan fingerprint density at radius 1 is 1.32 bits per heavy atom. The zero-order valence-corrected chi connectivity index (χ0v) is 13.1. The quantitative estimate of drug-likeness (QED) is 0.845. The van der Waals surface area contributed by atoms with E-state index in [2.05, 4.69) is 11.4 Å². The van der Waals surface area contributed by atoms with Crippen molar-refractivity contribution in [2.75, 3.05) is 0 Å². The molecule has 0 aromatic heterocycles. The lowest BCUT2D eigenvalue weighted by Gasteiger charge is -2.11. The summed E-state index contributed by atoms with van der Waals surface area (Å²) < 4.78 is 0. The molecule has 1 aliphatic rings. The van der Waals surface area contributed by atoms with Crippen LogP contribution in [0.15, 0.2) is 53.2 Å². The average molecular weight is 313 g/mol. The van der Waals surface area contributed by atoms with Gasteiger partial charge in [-0.1, -0.05) is 48.0 Å². The van der Waals surface area contributed by atoms with E-state index in [1.165, 1.54) is 6.08 Å². The van der Waals surface area contributed by atoms with Crippen LogP contribution in [0.5, 0.6) is 0 Å². The van der Waals surface area contributed by atoms with Crippen LogP contribution >= 0.6 is 11.6 Å². The lowest BCUT2D eigenvalue weighted by molar-refractivity contribution is -0.115. The summed E-state index contributed by atoms with van der Waals surface area (Å²) in [6.07, 6.45) is 8.82. The largest absolute Gasteiger partial charge is 0.321 e. The summed E-state index contributed by atoms with van der Waals surface area (Å²) in [5, 5.41) is 12.2. The van der Waals surface area contributed by atoms with Crippen molar-refractivity contribution in [3.8, 4) is 6.07 Å². The highest BCUT2D eigenvalue weighted by Crippen LogP contribution is 2.19. The van der Waals surface area contributed by atoms with E-state index in [9.17, 15) is 4.79 Å². The first-order chi connectivity index (χ1) is 10.6. The summed E-state index contributed by atoms with van der Waals surface area (Å²) in [4.78, 5) is 11.9. The molecule has 1 aromatic rings. The van der Waals surface area contributed by atoms with Gasteiger partial charge in [-0.3, -0.25) is 4.79 Å². The van der Waals surface area contributed by atoms with Crippen molar-refractivity contribution in [3.05, 3.63) is 64.3 Å². The number of hydrogen-bond acceptors (Lipinski definition) is 2. The molecule has 1 amide bonds. The van der Waals surface area contributed by atoms with Gasteiger partial charge in [0.15, 0.2) is 0 Å². The standard InChI is InChI=1S/C18H17ClN2O/c1-13(12-20)15-9-6-14(7-10-15)8-11-18(22)21-17-5-3-2-4-16(17)19/h4-11,13H,2-3H2,1H3,(H,21,22)/b11-8+. The van der Waals surface area contributed by atoms with E-state index in [0.717, 1.165) is 24.0 Å². The maximum Gasteiger partial charge on any atom is 0.248 e. The number of nitriles is 1. The Kier molecular flexibility index (Phi) is 5.57. The molecule has 112 valence electrons. The highest BCUT2D eigenvalue weighted by molar-refractivity contribution is 6.32. The molecule has 22 heavy (non-hydrogen) atoms. The fourth-order valence-corrected chi connectivity index (χ4v) is 2.31. The van der Waals surface area contributed by atoms with Crippen molar-refractivity contribution in [1.82, 2.24) is 5.32 Å². The molecule has 1 aliphatic carbocycles. The van der Waals surface area contributed by atoms with Crippen molar-refractivity contribution < 1.29 is 4.79 Å². The van der Waals surface area contributed by atoms with Gasteiger partial charge in [-0.2, -0.15) is 5.26 Å². The maximum absolute atomic E-state index is 11.9. The summed E-state index contributed by atoms with van der Waals surface area (Å²) in [7, 11) is 0. The number of carbonyl (C=O) groups excluding carboxylic acids is 1. The molecule has 0 spiro atoms. The summed E-state index contributed by atoms with van der Waals surface area (Å²) in [6.45, 7) is 1.85. The number of halogens is 1. The molecule has 4 heteroatoms. The SMILES string of the molecule is CC(C#N)c1ccc(/C=C/C(=O)NC2=CCCC=C2Cl)cc1. The smallest absolute Gasteiger partial charge is 0.248 e. The third kappa shape index (κ3) is 4.34. The van der Waals surface area contributed by atoms with Gasteiger partial charge < -0.3 is 5.32 Å². The van der Waals surface area contributed by atoms with Crippen LogP contribution in [0, 0.1) is 11.3 Å². The Morgan fingerprint density at radius 3 is 2.64 bits per heavy atom. The summed E-state index contributed by atoms with van der Waals surface area (Å²) in [5.41, 5.74) is 2.54. The molecule has 1 N–H and O–H groups in total. The fourth-order valence-electron chi connectivity index (χ4n) is 2.07. The van der Waals surface area contributed by atoms with Gasteiger partial charge in [0.05, 0.1) is 22.7 Å². The van der Waals surface area contributed by atoms with Crippen LogP contribution in [0.4, 0.5) is 0 Å². The highest BCUT2D eigenvalue weighted by Gasteiger charge is 2.08. The van der Waals surface area contributed by atoms with Crippen molar-refractivity contribution in [2.24, 2.45) is 0 Å². The highest BCUT2D eigenvalue weighted by atomic mass is 35.5. The second-order valence-electron chi connectivity index (χ2n) is 5.09. The molecule has 1 aromatic carbocycles. The third-order valence-electron chi connectivity index (χ3n) is 3.41. The molecule has 0 saturated carbocycles. The van der Waals surface area contributed by atoms with Crippen LogP contribution in [-0.2, 0) is 4.79 Å². The van der Waals surface area contributed by atoms with Gasteiger partial charge in [0.25, 0.3) is 0 Å². The van der Waals surface area contributed by atoms with E-state index < -0.39 is 0 Å². The fraction of sp³-hybridized carbons (Fsp3) is 0.222. The van der Waals surface area contributed by atoms with Gasteiger partial charge in [0.2, 0.25) is 5.91 Å². The predicted molar refractivity (Wildman–Crippen MR) is 88.9 cm³/mol. The minimum Gasteiger partial charge on any atom is -0.321 e. The minimum atomic E-state index is -0.214. The van der Waals surface area contributed by atoms with Gasteiger partial charge in [-0.05, 0) is 37.0 Å². The van der Waals surface area contributed by atoms with Gasteiger partial charge in [-0.25, -0.2) is 0 Å². The number of nitrogens with zero attached hydrogens (tertiary/aromatic N) is 1. The van der Waals surface area contributed by atoms with Gasteiger partial charge in [-0.15, -0.1) is 0 Å². The first-order valence-electron chi connectivity index (χ1n) is 7.15. The molecular formula is C18H17ClN2O. The van der Waals surface area contributed by atoms with Crippen LogP contribution < -0.4 is 5.32 Å². The summed E-state index contributed by atoms with van der Waals surface area (Å²) >= 11 is 6.03. The Morgan fingerprint density at radius 2 is 2.00 bits per heavy atom. The zero-order chi connectivity index (χ0) is 15.9. The van der Waals surface area contributed by atoms with Crippen LogP contribution in [0.2, 0.25) is 0 Å². The second-order valence-corrected chi connectivity index (χ2v) is 5.49. The topological polar surface area (TPSA) is 52.9 Å². The zero-order valence-electron chi connectivity index (χ0n) is 12.3. The van der Waals surface area contributed by atoms with E-state index >= 15 is 0 Å². The lowest BCUT2D eigenvalue weighted by atomic mass is 10.0. The number of amides is 1. The molecular weight excluding hydrogens is 296 g/mol. The van der Waals surface area contributed by atoms with Crippen molar-refractivity contribution >= 4 is 23.6 Å². The molecule has 0 saturated heterocycles. The second kappa shape index (κ2) is 7.63. The molecule has 0 bridgehead atoms. The van der Waals surface area contributed by atoms with E-state index in [4.69, 9.17) is 16.9 Å². The number of benzene rings is 1. The minimum absolute atomic E-state index is 0.131. The number of allylic oxidation sites excluding steroid dienone is 3. The van der Waals surface area contributed by atoms with E-state index in [1.807, 2.05) is 43.3 Å². The maximum atomic E-state index is 11.9. The molecule has 0 aliphatic heterocycles. The van der Waals surface area contributed by atoms with Crippen LogP contribution in [0.1, 0.15) is 36.8 Å². The Hall–Kier alpha value is -2.31. The first kappa shape index (κ1) is 16.1. The molecule has 2 rings (SSSR count). The first-order valence-corrected chi connectivity index (χ1v) is 7.53. The lowest BCUT2D eigenvalue weighted by Crippen LogP contribution is -2.21. The van der Waals surface area contributed by atoms with Crippen molar-refractivity contribution in [1.29, 1.82) is 5.26 Å². The summed E-state index contributed by atoms with van der Waals surface area (Å²) in [6, 6.07) is 9.77. The number of hydrogen-bond donors (Lipinski definition) is 1. The Labute approximate surface area is 135 Å². The Balaban J connectivity index is 1.97. The molecule has 3 nitrogen and oxygen atoms in total. The number of carbonyl (C=O) groups is 1. The molecule has 0 fully saturated rings. The third-order valence-corrected chi connectivity index (χ3v) is 3.77. The van der Waals surface area contributed by atoms with E-state index in [1.54, 1.807) is 6.08 Å². The van der Waals surface area contributed by atoms with Crippen molar-refractivity contribution in [3.63, 3.8) is 0 Å². The van der Waals surface area contributed by atoms with Crippen LogP contribution in [-0.4, -0.2) is 5.91 Å². The van der Waals surface area contributed by atoms with Crippen LogP contribution in [0.3, 0.4) is 0 Å². The van der Waals surface area contributed by atoms with Crippen LogP contribution in [0.25, 0.3) is 6.08 Å². The molecule has 0 radical (unpaired) electrons. The van der Waals surface area contributed by atoms with Gasteiger partial charge >= 0.3 is 0 Å². The predicted octanol–water partition coefficient (Wildman–Crippen LogP) is 4.24. The van der Waals surface area contributed by atoms with E-state index in [-0.39, 0.29) is 11.8 Å². The molecule has 0 heterocycles. The Bertz CT molecular complexity index is 678. The monoisotopic (exact) mass is 312 g/mol. The van der Waals surface area contributed by atoms with Gasteiger partial charge in [0, 0.05) is 6.08 Å². The van der Waals surface area contributed by atoms with Crippen molar-refractivity contribution in [2.45, 2.75) is 25.7 Å². The van der Waals surface area contributed by atoms with E-state index in [0.29, 0.717) is 10.7 Å².